The van der Waals surface area contributed by atoms with E-state index < -0.39 is 35.6 Å². The summed E-state index contributed by atoms with van der Waals surface area (Å²) in [5.41, 5.74) is 1.44. The number of benzene rings is 4. The van der Waals surface area contributed by atoms with Crippen LogP contribution in [-0.4, -0.2) is 40.8 Å². The predicted molar refractivity (Wildman–Crippen MR) is 287 cm³/mol. The Kier molecular flexibility index (Phi) is 18.9. The van der Waals surface area contributed by atoms with Gasteiger partial charge in [-0.3, -0.25) is 28.8 Å². The molecule has 0 atom stereocenters. The molecule has 14 heteroatoms. The first-order chi connectivity index (χ1) is 37.5. The predicted octanol–water partition coefficient (Wildman–Crippen LogP) is 13.9. The van der Waals surface area contributed by atoms with E-state index in [4.69, 9.17) is 32.8 Å². The summed E-state index contributed by atoms with van der Waals surface area (Å²) in [6.07, 6.45) is 18.4. The Hall–Kier alpha value is -6.83. The molecule has 0 radical (unpaired) electrons. The lowest BCUT2D eigenvalue weighted by molar-refractivity contribution is -0.145. The number of carbonyl (C=O) groups is 6. The molecule has 0 saturated heterocycles. The zero-order valence-electron chi connectivity index (χ0n) is 44.6. The maximum Gasteiger partial charge on any atom is 0.314 e. The van der Waals surface area contributed by atoms with Crippen LogP contribution in [0.4, 0.5) is 0 Å². The van der Waals surface area contributed by atoms with Gasteiger partial charge in [0.05, 0.1) is 41.1 Å². The molecular weight excluding hydrogens is 979 g/mol. The molecule has 77 heavy (non-hydrogen) atoms. The Morgan fingerprint density at radius 3 is 1.10 bits per heavy atom. The number of esters is 6. The number of oxazole rings is 1. The monoisotopic (exact) mass is 1050 g/mol. The van der Waals surface area contributed by atoms with Crippen molar-refractivity contribution in [3.8, 4) is 46.0 Å². The number of fused-ring (bicyclic) bond motifs is 1. The highest BCUT2D eigenvalue weighted by Gasteiger charge is 2.35. The second kappa shape index (κ2) is 26.5. The summed E-state index contributed by atoms with van der Waals surface area (Å²) in [5, 5.41) is 0. The van der Waals surface area contributed by atoms with Crippen LogP contribution in [0.3, 0.4) is 0 Å². The average Bonchev–Trinajstić information content (AvgIpc) is 3.90. The Morgan fingerprint density at radius 1 is 0.416 bits per heavy atom. The first-order valence-corrected chi connectivity index (χ1v) is 28.5. The van der Waals surface area contributed by atoms with E-state index in [9.17, 15) is 28.8 Å². The molecule has 5 aromatic rings. The zero-order valence-corrected chi connectivity index (χ0v) is 44.6. The van der Waals surface area contributed by atoms with Crippen LogP contribution in [0.1, 0.15) is 155 Å². The first kappa shape index (κ1) is 54.9. The molecule has 0 bridgehead atoms. The van der Waals surface area contributed by atoms with Crippen molar-refractivity contribution in [2.75, 3.05) is 0 Å². The van der Waals surface area contributed by atoms with Crippen LogP contribution in [0, 0.1) is 47.3 Å². The van der Waals surface area contributed by atoms with Crippen LogP contribution in [0.15, 0.2) is 95.4 Å². The van der Waals surface area contributed by atoms with Crippen LogP contribution in [0.25, 0.3) is 22.6 Å². The van der Waals surface area contributed by atoms with Gasteiger partial charge in [-0.05, 0) is 193 Å². The van der Waals surface area contributed by atoms with Crippen LogP contribution < -0.4 is 28.4 Å². The minimum Gasteiger partial charge on any atom is -0.436 e. The quantitative estimate of drug-likeness (QED) is 0.0562. The number of ether oxygens (including phenoxy) is 6. The van der Waals surface area contributed by atoms with E-state index in [2.05, 4.69) is 18.8 Å². The fraction of sp³-hybridized carbons (Fsp3) is 0.508. The number of nitrogens with zero attached hydrogens (tertiary/aromatic N) is 1. The molecule has 9 rings (SSSR count). The van der Waals surface area contributed by atoms with Gasteiger partial charge >= 0.3 is 35.8 Å². The molecule has 0 aliphatic heterocycles. The lowest BCUT2D eigenvalue weighted by Gasteiger charge is -2.27. The number of hydrogen-bond acceptors (Lipinski definition) is 14. The molecule has 1 heterocycles. The van der Waals surface area contributed by atoms with Gasteiger partial charge in [-0.2, -0.15) is 0 Å². The van der Waals surface area contributed by atoms with Crippen LogP contribution in [0.2, 0.25) is 0 Å². The van der Waals surface area contributed by atoms with Crippen LogP contribution >= 0.6 is 0 Å². The summed E-state index contributed by atoms with van der Waals surface area (Å²) in [6, 6.07) is 25.0. The smallest absolute Gasteiger partial charge is 0.314 e. The summed E-state index contributed by atoms with van der Waals surface area (Å²) >= 11 is 0. The van der Waals surface area contributed by atoms with Gasteiger partial charge in [-0.15, -0.1) is 0 Å². The normalized spacial score (nSPS) is 23.5. The molecule has 0 N–H and O–H groups in total. The third-order valence-electron chi connectivity index (χ3n) is 16.5. The Balaban J connectivity index is 0.732. The van der Waals surface area contributed by atoms with Crippen molar-refractivity contribution in [1.82, 2.24) is 4.98 Å². The van der Waals surface area contributed by atoms with Gasteiger partial charge < -0.3 is 32.8 Å². The van der Waals surface area contributed by atoms with Crippen molar-refractivity contribution in [1.29, 1.82) is 0 Å². The van der Waals surface area contributed by atoms with E-state index in [1.54, 1.807) is 78.9 Å². The molecule has 0 amide bonds. The maximum absolute atomic E-state index is 13.8. The van der Waals surface area contributed by atoms with Crippen molar-refractivity contribution < 1.29 is 61.6 Å². The van der Waals surface area contributed by atoms with E-state index in [-0.39, 0.29) is 53.1 Å². The number of unbranched alkanes of at least 4 members (excludes halogenated alkanes) is 2. The van der Waals surface area contributed by atoms with Gasteiger partial charge in [-0.25, -0.2) is 4.98 Å². The molecule has 4 aliphatic rings. The minimum atomic E-state index is -0.479. The van der Waals surface area contributed by atoms with Gasteiger partial charge in [0.1, 0.15) is 40.0 Å². The number of para-hydroxylation sites is 2. The molecule has 0 spiro atoms. The molecule has 14 nitrogen and oxygen atoms in total. The molecular formula is C63H73NO13. The molecule has 1 aromatic heterocycles. The van der Waals surface area contributed by atoms with Crippen LogP contribution in [-0.2, 0) is 28.8 Å². The average molecular weight is 1050 g/mol. The number of carbonyl (C=O) groups excluding carboxylic acids is 6. The van der Waals surface area contributed by atoms with E-state index in [0.29, 0.717) is 103 Å². The van der Waals surface area contributed by atoms with E-state index >= 15 is 0 Å². The topological polar surface area (TPSA) is 184 Å². The maximum atomic E-state index is 13.8. The second-order valence-electron chi connectivity index (χ2n) is 21.9. The first-order valence-electron chi connectivity index (χ1n) is 28.5. The largest absolute Gasteiger partial charge is 0.436 e. The van der Waals surface area contributed by atoms with Gasteiger partial charge in [0.2, 0.25) is 5.89 Å². The van der Waals surface area contributed by atoms with Crippen molar-refractivity contribution >= 4 is 46.9 Å². The zero-order chi connectivity index (χ0) is 53.7. The van der Waals surface area contributed by atoms with E-state index in [1.807, 2.05) is 12.1 Å². The molecule has 0 unspecified atom stereocenters. The lowest BCUT2D eigenvalue weighted by atomic mass is 9.80. The molecule has 4 saturated carbocycles. The summed E-state index contributed by atoms with van der Waals surface area (Å²) in [6.45, 7) is 4.41. The van der Waals surface area contributed by atoms with E-state index in [0.717, 1.165) is 51.4 Å². The summed E-state index contributed by atoms with van der Waals surface area (Å²) in [5.74, 6) is -0.512. The Bertz CT molecular complexity index is 2770. The van der Waals surface area contributed by atoms with E-state index in [1.165, 1.54) is 38.5 Å². The standard InChI is InChI=1S/C63H73NO13/c1-3-5-9-40-13-17-42(18-14-40)58(65)71-48-29-33-50(34-30-48)73-60(67)44-21-23-46(24-22-44)62(69)75-52-37-38-55(53(39-52)57-64-54-11-7-8-12-56(54)76-57)77-63(70)47-27-25-45(26-28-47)61(68)74-51-35-31-49(32-36-51)72-59(66)43-19-15-41(16-20-43)10-6-4-2/h7-8,11-12,29-47H,3-6,9-10,13-28H2,1-2H3. The van der Waals surface area contributed by atoms with Gasteiger partial charge in [0.15, 0.2) is 5.58 Å². The highest BCUT2D eigenvalue weighted by molar-refractivity contribution is 5.83. The Labute approximate surface area is 451 Å². The number of rotatable bonds is 19. The van der Waals surface area contributed by atoms with Crippen molar-refractivity contribution in [2.45, 2.75) is 155 Å². The third kappa shape index (κ3) is 14.8. The van der Waals surface area contributed by atoms with Crippen LogP contribution in [0.5, 0.6) is 34.5 Å². The van der Waals surface area contributed by atoms with Gasteiger partial charge in [-0.1, -0.05) is 64.5 Å². The number of hydrogen-bond donors (Lipinski definition) is 0. The SMILES string of the molecule is CCCCC1CCC(C(=O)Oc2ccc(OC(=O)C3CCC(C(=O)Oc4ccc(OC(=O)C5CCC(C(=O)Oc6ccc(OC(=O)C7CCC(CCCC)CC7)cc6)CC5)c(-c5nc6ccccc6o5)c4)CC3)cc2)CC1. The summed E-state index contributed by atoms with van der Waals surface area (Å²) in [7, 11) is 0. The van der Waals surface area contributed by atoms with Gasteiger partial charge in [0, 0.05) is 0 Å². The third-order valence-corrected chi connectivity index (χ3v) is 16.5. The lowest BCUT2D eigenvalue weighted by Crippen LogP contribution is -2.30. The fourth-order valence-corrected chi connectivity index (χ4v) is 11.6. The summed E-state index contributed by atoms with van der Waals surface area (Å²) < 4.78 is 40.9. The second-order valence-corrected chi connectivity index (χ2v) is 21.9. The summed E-state index contributed by atoms with van der Waals surface area (Å²) in [4.78, 5) is 84.3. The minimum absolute atomic E-state index is 0.0900. The Morgan fingerprint density at radius 2 is 0.740 bits per heavy atom. The highest BCUT2D eigenvalue weighted by Crippen LogP contribution is 2.40. The molecule has 408 valence electrons. The highest BCUT2D eigenvalue weighted by atomic mass is 16.6. The molecule has 4 aromatic carbocycles. The number of aromatic nitrogens is 1. The fourth-order valence-electron chi connectivity index (χ4n) is 11.6. The van der Waals surface area contributed by atoms with Crippen molar-refractivity contribution in [2.24, 2.45) is 47.3 Å². The van der Waals surface area contributed by atoms with Crippen molar-refractivity contribution in [3.63, 3.8) is 0 Å². The molecule has 4 aliphatic carbocycles. The van der Waals surface area contributed by atoms with Crippen molar-refractivity contribution in [3.05, 3.63) is 91.0 Å². The van der Waals surface area contributed by atoms with Gasteiger partial charge in [0.25, 0.3) is 0 Å². The molecule has 4 fully saturated rings.